The Balaban J connectivity index is 1.87. The van der Waals surface area contributed by atoms with Gasteiger partial charge in [0.25, 0.3) is 0 Å². The molecule has 0 saturated heterocycles. The van der Waals surface area contributed by atoms with Gasteiger partial charge in [0.1, 0.15) is 5.60 Å². The van der Waals surface area contributed by atoms with Crippen molar-refractivity contribution in [2.24, 2.45) is 0 Å². The van der Waals surface area contributed by atoms with E-state index in [0.29, 0.717) is 11.4 Å². The zero-order chi connectivity index (χ0) is 22.1. The van der Waals surface area contributed by atoms with Crippen LogP contribution in [0.5, 0.6) is 0 Å². The number of carbonyl (C=O) groups excluding carboxylic acids is 3. The first-order chi connectivity index (χ1) is 14.1. The number of amides is 3. The molecule has 0 aliphatic carbocycles. The molecule has 0 radical (unpaired) electrons. The highest BCUT2D eigenvalue weighted by molar-refractivity contribution is 9.10. The third-order valence-corrected chi connectivity index (χ3v) is 4.24. The fourth-order valence-corrected chi connectivity index (χ4v) is 2.98. The average Bonchev–Trinajstić information content (AvgIpc) is 2.61. The molecule has 0 unspecified atom stereocenters. The average molecular weight is 476 g/mol. The molecule has 0 bridgehead atoms. The standard InChI is InChI=1S/C22H26BrN3O4/c1-22(2,3)30-21(29)24-12-11-19(27)25-17-9-4-5-10-18(17)26-20(28)14-15-7-6-8-16(23)13-15/h4-10,13H,11-12,14H2,1-3H3,(H,24,29)(H,25,27)(H,26,28). The lowest BCUT2D eigenvalue weighted by atomic mass is 10.1. The maximum atomic E-state index is 12.4. The van der Waals surface area contributed by atoms with Crippen LogP contribution in [0.2, 0.25) is 0 Å². The Morgan fingerprint density at radius 3 is 2.17 bits per heavy atom. The molecule has 2 aromatic rings. The van der Waals surface area contributed by atoms with Gasteiger partial charge < -0.3 is 20.7 Å². The van der Waals surface area contributed by atoms with Gasteiger partial charge in [0.05, 0.1) is 17.8 Å². The van der Waals surface area contributed by atoms with Crippen LogP contribution in [-0.4, -0.2) is 30.1 Å². The Hall–Kier alpha value is -2.87. The van der Waals surface area contributed by atoms with E-state index in [2.05, 4.69) is 31.9 Å². The van der Waals surface area contributed by atoms with Crippen LogP contribution in [-0.2, 0) is 20.7 Å². The van der Waals surface area contributed by atoms with Gasteiger partial charge in [-0.05, 0) is 50.6 Å². The van der Waals surface area contributed by atoms with E-state index >= 15 is 0 Å². The van der Waals surface area contributed by atoms with Crippen molar-refractivity contribution in [1.82, 2.24) is 5.32 Å². The molecule has 30 heavy (non-hydrogen) atoms. The molecule has 0 atom stereocenters. The lowest BCUT2D eigenvalue weighted by molar-refractivity contribution is -0.116. The predicted molar refractivity (Wildman–Crippen MR) is 120 cm³/mol. The minimum absolute atomic E-state index is 0.0690. The summed E-state index contributed by atoms with van der Waals surface area (Å²) >= 11 is 3.39. The zero-order valence-electron chi connectivity index (χ0n) is 17.3. The summed E-state index contributed by atoms with van der Waals surface area (Å²) in [5.41, 5.74) is 1.27. The Morgan fingerprint density at radius 1 is 0.933 bits per heavy atom. The van der Waals surface area contributed by atoms with Gasteiger partial charge in [0.15, 0.2) is 0 Å². The van der Waals surface area contributed by atoms with Crippen molar-refractivity contribution in [2.75, 3.05) is 17.2 Å². The maximum Gasteiger partial charge on any atom is 0.407 e. The van der Waals surface area contributed by atoms with Gasteiger partial charge in [-0.2, -0.15) is 0 Å². The minimum Gasteiger partial charge on any atom is -0.444 e. The third-order valence-electron chi connectivity index (χ3n) is 3.75. The fraction of sp³-hybridized carbons (Fsp3) is 0.318. The van der Waals surface area contributed by atoms with Crippen LogP contribution in [0.3, 0.4) is 0 Å². The number of anilines is 2. The summed E-state index contributed by atoms with van der Waals surface area (Å²) < 4.78 is 6.03. The SMILES string of the molecule is CC(C)(C)OC(=O)NCCC(=O)Nc1ccccc1NC(=O)Cc1cccc(Br)c1. The Labute approximate surface area is 184 Å². The third kappa shape index (κ3) is 8.65. The van der Waals surface area contributed by atoms with Gasteiger partial charge in [-0.1, -0.05) is 40.2 Å². The van der Waals surface area contributed by atoms with E-state index in [9.17, 15) is 14.4 Å². The quantitative estimate of drug-likeness (QED) is 0.549. The van der Waals surface area contributed by atoms with Crippen LogP contribution in [0.25, 0.3) is 0 Å². The minimum atomic E-state index is -0.598. The Kier molecular flexibility index (Phi) is 8.41. The second-order valence-corrected chi connectivity index (χ2v) is 8.54. The molecule has 0 fully saturated rings. The molecular formula is C22H26BrN3O4. The van der Waals surface area contributed by atoms with Crippen molar-refractivity contribution >= 4 is 45.2 Å². The summed E-state index contributed by atoms with van der Waals surface area (Å²) in [5.74, 6) is -0.485. The lowest BCUT2D eigenvalue weighted by Crippen LogP contribution is -2.34. The second kappa shape index (κ2) is 10.8. The molecule has 0 spiro atoms. The van der Waals surface area contributed by atoms with Crippen molar-refractivity contribution in [3.8, 4) is 0 Å². The highest BCUT2D eigenvalue weighted by Gasteiger charge is 2.16. The van der Waals surface area contributed by atoms with Crippen LogP contribution in [0.1, 0.15) is 32.8 Å². The number of alkyl carbamates (subject to hydrolysis) is 1. The van der Waals surface area contributed by atoms with Gasteiger partial charge in [0.2, 0.25) is 11.8 Å². The highest BCUT2D eigenvalue weighted by Crippen LogP contribution is 2.22. The smallest absolute Gasteiger partial charge is 0.407 e. The predicted octanol–water partition coefficient (Wildman–Crippen LogP) is 4.48. The van der Waals surface area contributed by atoms with Crippen LogP contribution in [0.15, 0.2) is 53.0 Å². The first-order valence-electron chi connectivity index (χ1n) is 9.52. The number of ether oxygens (including phenoxy) is 1. The van der Waals surface area contributed by atoms with E-state index in [0.717, 1.165) is 10.0 Å². The fourth-order valence-electron chi connectivity index (χ4n) is 2.53. The first-order valence-corrected chi connectivity index (χ1v) is 10.3. The van der Waals surface area contributed by atoms with E-state index < -0.39 is 11.7 Å². The summed E-state index contributed by atoms with van der Waals surface area (Å²) in [6.45, 7) is 5.43. The van der Waals surface area contributed by atoms with Crippen LogP contribution < -0.4 is 16.0 Å². The van der Waals surface area contributed by atoms with Crippen LogP contribution >= 0.6 is 15.9 Å². The molecule has 0 aliphatic rings. The van der Waals surface area contributed by atoms with Crippen molar-refractivity contribution in [3.05, 3.63) is 58.6 Å². The molecule has 8 heteroatoms. The van der Waals surface area contributed by atoms with Crippen LogP contribution in [0, 0.1) is 0 Å². The lowest BCUT2D eigenvalue weighted by Gasteiger charge is -2.19. The monoisotopic (exact) mass is 475 g/mol. The summed E-state index contributed by atoms with van der Waals surface area (Å²) in [4.78, 5) is 36.2. The van der Waals surface area contributed by atoms with E-state index in [1.165, 1.54) is 0 Å². The Bertz CT molecular complexity index is 909. The van der Waals surface area contributed by atoms with Gasteiger partial charge in [-0.25, -0.2) is 4.79 Å². The van der Waals surface area contributed by atoms with Gasteiger partial charge in [-0.3, -0.25) is 9.59 Å². The van der Waals surface area contributed by atoms with Crippen molar-refractivity contribution in [2.45, 2.75) is 39.2 Å². The van der Waals surface area contributed by atoms with E-state index in [-0.39, 0.29) is 31.2 Å². The number of hydrogen-bond acceptors (Lipinski definition) is 4. The number of rotatable bonds is 7. The number of halogens is 1. The van der Waals surface area contributed by atoms with Gasteiger partial charge in [-0.15, -0.1) is 0 Å². The normalized spacial score (nSPS) is 10.8. The molecule has 7 nitrogen and oxygen atoms in total. The second-order valence-electron chi connectivity index (χ2n) is 7.63. The molecule has 2 aromatic carbocycles. The largest absolute Gasteiger partial charge is 0.444 e. The summed E-state index contributed by atoms with van der Waals surface area (Å²) in [6, 6.07) is 14.5. The van der Waals surface area contributed by atoms with Crippen LogP contribution in [0.4, 0.5) is 16.2 Å². The maximum absolute atomic E-state index is 12.4. The summed E-state index contributed by atoms with van der Waals surface area (Å²) in [7, 11) is 0. The van der Waals surface area contributed by atoms with Crippen molar-refractivity contribution in [3.63, 3.8) is 0 Å². The molecule has 160 valence electrons. The summed E-state index contributed by atoms with van der Waals surface area (Å²) in [6.07, 6.45) is -0.295. The van der Waals surface area contributed by atoms with Crippen molar-refractivity contribution in [1.29, 1.82) is 0 Å². The highest BCUT2D eigenvalue weighted by atomic mass is 79.9. The Morgan fingerprint density at radius 2 is 1.57 bits per heavy atom. The van der Waals surface area contributed by atoms with E-state index in [1.54, 1.807) is 45.0 Å². The molecule has 0 heterocycles. The van der Waals surface area contributed by atoms with Gasteiger partial charge >= 0.3 is 6.09 Å². The number of hydrogen-bond donors (Lipinski definition) is 3. The molecule has 3 amide bonds. The number of carbonyl (C=O) groups is 3. The van der Waals surface area contributed by atoms with Crippen molar-refractivity contribution < 1.29 is 19.1 Å². The van der Waals surface area contributed by atoms with Gasteiger partial charge in [0, 0.05) is 17.4 Å². The molecule has 0 aromatic heterocycles. The number of nitrogens with one attached hydrogen (secondary N) is 3. The molecule has 0 aliphatic heterocycles. The summed E-state index contributed by atoms with van der Waals surface area (Å²) in [5, 5.41) is 8.12. The molecule has 2 rings (SSSR count). The molecule has 0 saturated carbocycles. The van der Waals surface area contributed by atoms with E-state index in [4.69, 9.17) is 4.74 Å². The first kappa shape index (κ1) is 23.4. The number of benzene rings is 2. The van der Waals surface area contributed by atoms with E-state index in [1.807, 2.05) is 24.3 Å². The zero-order valence-corrected chi connectivity index (χ0v) is 18.8. The number of para-hydroxylation sites is 2. The molecule has 3 N–H and O–H groups in total. The topological polar surface area (TPSA) is 96.5 Å². The molecular weight excluding hydrogens is 450 g/mol.